The molecule has 0 amide bonds. The van der Waals surface area contributed by atoms with Gasteiger partial charge in [-0.15, -0.1) is 0 Å². The van der Waals surface area contributed by atoms with Crippen molar-refractivity contribution in [1.29, 1.82) is 0 Å². The molecule has 2 fully saturated rings. The molecule has 0 aliphatic carbocycles. The van der Waals surface area contributed by atoms with Gasteiger partial charge in [0.25, 0.3) is 0 Å². The van der Waals surface area contributed by atoms with Gasteiger partial charge in [-0.1, -0.05) is 0 Å². The summed E-state index contributed by atoms with van der Waals surface area (Å²) in [5.41, 5.74) is 7.91. The highest BCUT2D eigenvalue weighted by Crippen LogP contribution is 2.28. The molecule has 0 saturated carbocycles. The van der Waals surface area contributed by atoms with Gasteiger partial charge in [0.05, 0.1) is 0 Å². The maximum absolute atomic E-state index is 5.74. The van der Waals surface area contributed by atoms with Crippen molar-refractivity contribution in [2.24, 2.45) is 0 Å². The predicted molar refractivity (Wildman–Crippen MR) is 76.9 cm³/mol. The van der Waals surface area contributed by atoms with Crippen molar-refractivity contribution in [3.63, 3.8) is 0 Å². The van der Waals surface area contributed by atoms with Gasteiger partial charge in [-0.05, 0) is 57.0 Å². The van der Waals surface area contributed by atoms with E-state index in [9.17, 15) is 0 Å². The Balaban J connectivity index is 1.66. The number of nitrogen functional groups attached to an aromatic ring is 1. The summed E-state index contributed by atoms with van der Waals surface area (Å²) in [7, 11) is 0. The van der Waals surface area contributed by atoms with Crippen molar-refractivity contribution in [3.05, 3.63) is 24.3 Å². The molecule has 2 aliphatic rings. The standard InChI is InChI=1S/C15H23N3/c1-12-3-2-9-18(12)15-8-10-17(11-15)14-6-4-13(16)5-7-14/h4-7,12,15H,2-3,8-11,16H2,1H3/t12-,15-/m1/s1. The molecule has 0 aromatic heterocycles. The minimum absolute atomic E-state index is 0.750. The summed E-state index contributed by atoms with van der Waals surface area (Å²) < 4.78 is 0. The fourth-order valence-corrected chi connectivity index (χ4v) is 3.43. The number of hydrogen-bond acceptors (Lipinski definition) is 3. The third-order valence-corrected chi connectivity index (χ3v) is 4.49. The van der Waals surface area contributed by atoms with Crippen molar-refractivity contribution >= 4 is 11.4 Å². The summed E-state index contributed by atoms with van der Waals surface area (Å²) in [6, 6.07) is 9.82. The van der Waals surface area contributed by atoms with E-state index in [1.54, 1.807) is 0 Å². The molecule has 3 rings (SSSR count). The van der Waals surface area contributed by atoms with Crippen molar-refractivity contribution in [1.82, 2.24) is 4.90 Å². The molecule has 2 heterocycles. The number of likely N-dealkylation sites (tertiary alicyclic amines) is 1. The van der Waals surface area contributed by atoms with Gasteiger partial charge in [-0.3, -0.25) is 4.90 Å². The first-order valence-corrected chi connectivity index (χ1v) is 7.10. The molecule has 2 N–H and O–H groups in total. The fourth-order valence-electron chi connectivity index (χ4n) is 3.43. The maximum atomic E-state index is 5.74. The van der Waals surface area contributed by atoms with Gasteiger partial charge in [-0.25, -0.2) is 0 Å². The molecule has 2 saturated heterocycles. The molecule has 2 aliphatic heterocycles. The van der Waals surface area contributed by atoms with Crippen molar-refractivity contribution in [3.8, 4) is 0 Å². The van der Waals surface area contributed by atoms with Gasteiger partial charge in [0.15, 0.2) is 0 Å². The summed E-state index contributed by atoms with van der Waals surface area (Å²) in [6.45, 7) is 6.02. The Bertz CT molecular complexity index is 401. The van der Waals surface area contributed by atoms with E-state index in [0.29, 0.717) is 0 Å². The Morgan fingerprint density at radius 2 is 1.89 bits per heavy atom. The van der Waals surface area contributed by atoms with Gasteiger partial charge in [0.1, 0.15) is 0 Å². The van der Waals surface area contributed by atoms with Crippen LogP contribution in [0.3, 0.4) is 0 Å². The Morgan fingerprint density at radius 1 is 1.11 bits per heavy atom. The van der Waals surface area contributed by atoms with Crippen LogP contribution in [0.4, 0.5) is 11.4 Å². The molecule has 18 heavy (non-hydrogen) atoms. The van der Waals surface area contributed by atoms with E-state index in [1.807, 2.05) is 12.1 Å². The molecule has 2 atom stereocenters. The third kappa shape index (κ3) is 2.19. The second-order valence-electron chi connectivity index (χ2n) is 5.71. The minimum atomic E-state index is 0.750. The summed E-state index contributed by atoms with van der Waals surface area (Å²) >= 11 is 0. The zero-order valence-electron chi connectivity index (χ0n) is 11.2. The van der Waals surface area contributed by atoms with Crippen LogP contribution in [0.25, 0.3) is 0 Å². The number of benzene rings is 1. The highest BCUT2D eigenvalue weighted by Gasteiger charge is 2.32. The average molecular weight is 245 g/mol. The summed E-state index contributed by atoms with van der Waals surface area (Å²) in [4.78, 5) is 5.20. The summed E-state index contributed by atoms with van der Waals surface area (Å²) in [6.07, 6.45) is 4.05. The van der Waals surface area contributed by atoms with E-state index in [1.165, 1.54) is 44.6 Å². The maximum Gasteiger partial charge on any atom is 0.0368 e. The van der Waals surface area contributed by atoms with Crippen molar-refractivity contribution in [2.45, 2.75) is 38.3 Å². The second-order valence-corrected chi connectivity index (χ2v) is 5.71. The lowest BCUT2D eigenvalue weighted by Gasteiger charge is -2.28. The molecule has 3 nitrogen and oxygen atoms in total. The fraction of sp³-hybridized carbons (Fsp3) is 0.600. The van der Waals surface area contributed by atoms with Gasteiger partial charge in [0, 0.05) is 36.5 Å². The predicted octanol–water partition coefficient (Wildman–Crippen LogP) is 2.33. The van der Waals surface area contributed by atoms with Crippen molar-refractivity contribution in [2.75, 3.05) is 30.3 Å². The Hall–Kier alpha value is -1.22. The van der Waals surface area contributed by atoms with Crippen LogP contribution >= 0.6 is 0 Å². The number of rotatable bonds is 2. The van der Waals surface area contributed by atoms with Crippen LogP contribution in [0.5, 0.6) is 0 Å². The van der Waals surface area contributed by atoms with E-state index < -0.39 is 0 Å². The third-order valence-electron chi connectivity index (χ3n) is 4.49. The van der Waals surface area contributed by atoms with E-state index >= 15 is 0 Å². The number of anilines is 2. The van der Waals surface area contributed by atoms with Crippen molar-refractivity contribution < 1.29 is 0 Å². The molecule has 98 valence electrons. The minimum Gasteiger partial charge on any atom is -0.399 e. The summed E-state index contributed by atoms with van der Waals surface area (Å²) in [5.74, 6) is 0. The van der Waals surface area contributed by atoms with Crippen LogP contribution in [0.15, 0.2) is 24.3 Å². The van der Waals surface area contributed by atoms with Gasteiger partial charge in [0.2, 0.25) is 0 Å². The molecular formula is C15H23N3. The van der Waals surface area contributed by atoms with Crippen LogP contribution in [0.2, 0.25) is 0 Å². The molecule has 1 aromatic rings. The van der Waals surface area contributed by atoms with Crippen LogP contribution < -0.4 is 10.6 Å². The summed E-state index contributed by atoms with van der Waals surface area (Å²) in [5, 5.41) is 0. The SMILES string of the molecule is C[C@@H]1CCCN1[C@@H]1CCN(c2ccc(N)cc2)C1. The first-order valence-electron chi connectivity index (χ1n) is 7.10. The van der Waals surface area contributed by atoms with Gasteiger partial charge < -0.3 is 10.6 Å². The Labute approximate surface area is 110 Å². The van der Waals surface area contributed by atoms with E-state index in [-0.39, 0.29) is 0 Å². The molecule has 0 unspecified atom stereocenters. The number of nitrogens with two attached hydrogens (primary N) is 1. The van der Waals surface area contributed by atoms with Crippen LogP contribution in [-0.4, -0.2) is 36.6 Å². The van der Waals surface area contributed by atoms with Crippen LogP contribution in [-0.2, 0) is 0 Å². The molecule has 0 spiro atoms. The molecule has 0 bridgehead atoms. The van der Waals surface area contributed by atoms with E-state index in [0.717, 1.165) is 17.8 Å². The smallest absolute Gasteiger partial charge is 0.0368 e. The second kappa shape index (κ2) is 4.81. The first-order chi connectivity index (χ1) is 8.74. The highest BCUT2D eigenvalue weighted by molar-refractivity contribution is 5.53. The molecule has 1 aromatic carbocycles. The largest absolute Gasteiger partial charge is 0.399 e. The van der Waals surface area contributed by atoms with Crippen LogP contribution in [0, 0.1) is 0 Å². The Morgan fingerprint density at radius 3 is 2.56 bits per heavy atom. The van der Waals surface area contributed by atoms with Crippen LogP contribution in [0.1, 0.15) is 26.2 Å². The lowest BCUT2D eigenvalue weighted by Crippen LogP contribution is -2.39. The highest BCUT2D eigenvalue weighted by atomic mass is 15.3. The topological polar surface area (TPSA) is 32.5 Å². The first kappa shape index (κ1) is 11.8. The lowest BCUT2D eigenvalue weighted by molar-refractivity contribution is 0.204. The quantitative estimate of drug-likeness (QED) is 0.812. The molecule has 0 radical (unpaired) electrons. The van der Waals surface area contributed by atoms with Gasteiger partial charge in [-0.2, -0.15) is 0 Å². The van der Waals surface area contributed by atoms with E-state index in [2.05, 4.69) is 28.9 Å². The number of nitrogens with zero attached hydrogens (tertiary/aromatic N) is 2. The molecule has 3 heteroatoms. The molecular weight excluding hydrogens is 222 g/mol. The van der Waals surface area contributed by atoms with Gasteiger partial charge >= 0.3 is 0 Å². The lowest BCUT2D eigenvalue weighted by atomic mass is 10.2. The van der Waals surface area contributed by atoms with E-state index in [4.69, 9.17) is 5.73 Å². The zero-order chi connectivity index (χ0) is 12.5. The zero-order valence-corrected chi connectivity index (χ0v) is 11.2. The normalized spacial score (nSPS) is 29.1. The average Bonchev–Trinajstić information content (AvgIpc) is 2.98. The Kier molecular flexibility index (Phi) is 3.16. The number of hydrogen-bond donors (Lipinski definition) is 1. The monoisotopic (exact) mass is 245 g/mol.